The number of fused-ring (bicyclic) bond motifs is 1. The first-order chi connectivity index (χ1) is 12.1. The van der Waals surface area contributed by atoms with Crippen LogP contribution in [0.25, 0.3) is 0 Å². The first-order valence-corrected chi connectivity index (χ1v) is 10.6. The Morgan fingerprint density at radius 3 is 1.44 bits per heavy atom. The fraction of sp³-hybridized carbons (Fsp3) is 0.864. The molecule has 144 valence electrons. The molecule has 1 aliphatic carbocycles. The summed E-state index contributed by atoms with van der Waals surface area (Å²) in [4.78, 5) is 11.8. The lowest BCUT2D eigenvalue weighted by atomic mass is 9.78. The molecule has 1 fully saturated rings. The van der Waals surface area contributed by atoms with E-state index < -0.39 is 17.4 Å². The highest BCUT2D eigenvalue weighted by Crippen LogP contribution is 2.43. The Labute approximate surface area is 154 Å². The zero-order valence-corrected chi connectivity index (χ0v) is 16.5. The normalized spacial score (nSPS) is 35.4. The zero-order chi connectivity index (χ0) is 18.0. The van der Waals surface area contributed by atoms with E-state index in [9.17, 15) is 4.79 Å². The summed E-state index contributed by atoms with van der Waals surface area (Å²) in [7, 11) is 0. The second-order valence-corrected chi connectivity index (χ2v) is 8.35. The molecule has 3 nitrogen and oxygen atoms in total. The van der Waals surface area contributed by atoms with Crippen LogP contribution in [0.1, 0.15) is 110 Å². The summed E-state index contributed by atoms with van der Waals surface area (Å²) >= 11 is 0. The van der Waals surface area contributed by atoms with Crippen LogP contribution in [-0.2, 0) is 9.47 Å². The van der Waals surface area contributed by atoms with Gasteiger partial charge in [0, 0.05) is 0 Å². The van der Waals surface area contributed by atoms with Gasteiger partial charge in [-0.25, -0.2) is 4.79 Å². The van der Waals surface area contributed by atoms with E-state index in [2.05, 4.69) is 26.0 Å². The molecule has 2 aliphatic rings. The maximum Gasteiger partial charge on any atom is 0.509 e. The number of hydrogen-bond donors (Lipinski definition) is 0. The van der Waals surface area contributed by atoms with Crippen molar-refractivity contribution in [1.29, 1.82) is 0 Å². The summed E-state index contributed by atoms with van der Waals surface area (Å²) in [6.45, 7) is 4.15. The van der Waals surface area contributed by atoms with Gasteiger partial charge in [-0.1, -0.05) is 57.1 Å². The molecule has 0 spiro atoms. The van der Waals surface area contributed by atoms with Crippen LogP contribution in [0.2, 0.25) is 0 Å². The Morgan fingerprint density at radius 1 is 0.640 bits per heavy atom. The molecule has 0 aromatic heterocycles. The summed E-state index contributed by atoms with van der Waals surface area (Å²) in [5, 5.41) is 0. The van der Waals surface area contributed by atoms with Crippen molar-refractivity contribution in [3.8, 4) is 0 Å². The molecule has 0 aromatic rings. The lowest BCUT2D eigenvalue weighted by molar-refractivity contribution is -0.0377. The Kier molecular flexibility index (Phi) is 8.32. The topological polar surface area (TPSA) is 35.5 Å². The second-order valence-electron chi connectivity index (χ2n) is 8.35. The molecular formula is C22H38O3. The number of carbonyl (C=O) groups excluding carboxylic acids is 1. The van der Waals surface area contributed by atoms with Crippen molar-refractivity contribution in [2.75, 3.05) is 0 Å². The molecule has 0 amide bonds. The molecule has 2 atom stereocenters. The number of carbonyl (C=O) groups is 1. The van der Waals surface area contributed by atoms with Gasteiger partial charge < -0.3 is 9.47 Å². The zero-order valence-electron chi connectivity index (χ0n) is 16.5. The SMILES string of the molecule is C[C@@]12CCCCCC/C=C\CCCCCCCCC[C@@]1(C)OC(=O)O2. The van der Waals surface area contributed by atoms with Gasteiger partial charge in [-0.05, 0) is 65.2 Å². The van der Waals surface area contributed by atoms with E-state index in [-0.39, 0.29) is 0 Å². The van der Waals surface area contributed by atoms with Gasteiger partial charge in [0.25, 0.3) is 0 Å². The largest absolute Gasteiger partial charge is 0.509 e. The minimum absolute atomic E-state index is 0.463. The molecule has 3 heteroatoms. The smallest absolute Gasteiger partial charge is 0.424 e. The number of ether oxygens (including phenoxy) is 2. The molecule has 1 saturated heterocycles. The lowest BCUT2D eigenvalue weighted by Gasteiger charge is -2.36. The summed E-state index contributed by atoms with van der Waals surface area (Å²) in [6, 6.07) is 0. The van der Waals surface area contributed by atoms with Gasteiger partial charge in [0.2, 0.25) is 0 Å². The van der Waals surface area contributed by atoms with Gasteiger partial charge in [0.15, 0.2) is 11.2 Å². The Balaban J connectivity index is 1.88. The van der Waals surface area contributed by atoms with Gasteiger partial charge in [0.1, 0.15) is 0 Å². The molecule has 0 bridgehead atoms. The van der Waals surface area contributed by atoms with E-state index in [0.717, 1.165) is 25.7 Å². The van der Waals surface area contributed by atoms with Crippen LogP contribution in [0.4, 0.5) is 4.79 Å². The Hall–Kier alpha value is -0.990. The number of rotatable bonds is 0. The minimum Gasteiger partial charge on any atom is -0.424 e. The average Bonchev–Trinajstić information content (AvgIpc) is 2.78. The van der Waals surface area contributed by atoms with Gasteiger partial charge in [-0.15, -0.1) is 0 Å². The van der Waals surface area contributed by atoms with Crippen LogP contribution in [0.15, 0.2) is 12.2 Å². The predicted molar refractivity (Wildman–Crippen MR) is 103 cm³/mol. The van der Waals surface area contributed by atoms with Crippen molar-refractivity contribution in [3.05, 3.63) is 12.2 Å². The van der Waals surface area contributed by atoms with Gasteiger partial charge in [-0.3, -0.25) is 0 Å². The van der Waals surface area contributed by atoms with E-state index in [0.29, 0.717) is 0 Å². The van der Waals surface area contributed by atoms with Crippen molar-refractivity contribution >= 4 is 6.16 Å². The maximum atomic E-state index is 11.8. The van der Waals surface area contributed by atoms with Crippen LogP contribution in [-0.4, -0.2) is 17.4 Å². The van der Waals surface area contributed by atoms with Crippen molar-refractivity contribution in [2.45, 2.75) is 121 Å². The fourth-order valence-electron chi connectivity index (χ4n) is 4.16. The molecule has 2 rings (SSSR count). The minimum atomic E-state index is -0.475. The van der Waals surface area contributed by atoms with Crippen molar-refractivity contribution in [3.63, 3.8) is 0 Å². The summed E-state index contributed by atoms with van der Waals surface area (Å²) in [6.07, 6.45) is 22.4. The number of allylic oxidation sites excluding steroid dienone is 2. The fourth-order valence-corrected chi connectivity index (χ4v) is 4.16. The molecule has 1 aliphatic heterocycles. The predicted octanol–water partition coefficient (Wildman–Crippen LogP) is 7.09. The third-order valence-corrected chi connectivity index (χ3v) is 6.20. The van der Waals surface area contributed by atoms with Crippen LogP contribution in [0.3, 0.4) is 0 Å². The summed E-state index contributed by atoms with van der Waals surface area (Å²) < 4.78 is 11.3. The first-order valence-electron chi connectivity index (χ1n) is 10.6. The molecule has 0 saturated carbocycles. The van der Waals surface area contributed by atoms with E-state index in [1.165, 1.54) is 70.6 Å². The van der Waals surface area contributed by atoms with E-state index >= 15 is 0 Å². The Bertz CT molecular complexity index is 431. The maximum absolute atomic E-state index is 11.8. The summed E-state index contributed by atoms with van der Waals surface area (Å²) in [5.74, 6) is 0. The molecule has 25 heavy (non-hydrogen) atoms. The van der Waals surface area contributed by atoms with E-state index in [4.69, 9.17) is 9.47 Å². The standard InChI is InChI=1S/C22H38O3/c1-21-18-16-14-12-10-8-6-4-3-5-7-9-11-13-15-17-19-22(21,2)25-20(23)24-21/h4,6H,3,5,7-19H2,1-2H3/b6-4-/t21-,22-/m1/s1. The molecule has 0 radical (unpaired) electrons. The quantitative estimate of drug-likeness (QED) is 0.345. The van der Waals surface area contributed by atoms with Crippen molar-refractivity contribution < 1.29 is 14.3 Å². The van der Waals surface area contributed by atoms with E-state index in [1.807, 2.05) is 0 Å². The van der Waals surface area contributed by atoms with Gasteiger partial charge >= 0.3 is 6.16 Å². The molecular weight excluding hydrogens is 312 g/mol. The van der Waals surface area contributed by atoms with Gasteiger partial charge in [-0.2, -0.15) is 0 Å². The molecule has 0 N–H and O–H groups in total. The van der Waals surface area contributed by atoms with Crippen molar-refractivity contribution in [2.24, 2.45) is 0 Å². The lowest BCUT2D eigenvalue weighted by Crippen LogP contribution is -2.47. The molecule has 1 heterocycles. The number of hydrogen-bond acceptors (Lipinski definition) is 3. The molecule has 0 aromatic carbocycles. The third kappa shape index (κ3) is 6.34. The highest BCUT2D eigenvalue weighted by molar-refractivity contribution is 5.64. The summed E-state index contributed by atoms with van der Waals surface area (Å²) in [5.41, 5.74) is -0.928. The van der Waals surface area contributed by atoms with Gasteiger partial charge in [0.05, 0.1) is 0 Å². The third-order valence-electron chi connectivity index (χ3n) is 6.20. The van der Waals surface area contributed by atoms with Crippen LogP contribution in [0, 0.1) is 0 Å². The highest BCUT2D eigenvalue weighted by Gasteiger charge is 2.56. The van der Waals surface area contributed by atoms with Crippen LogP contribution in [0.5, 0.6) is 0 Å². The molecule has 0 unspecified atom stereocenters. The first kappa shape index (κ1) is 20.3. The average molecular weight is 351 g/mol. The monoisotopic (exact) mass is 350 g/mol. The Morgan fingerprint density at radius 2 is 1.00 bits per heavy atom. The highest BCUT2D eigenvalue weighted by atomic mass is 16.8. The second kappa shape index (κ2) is 10.2. The van der Waals surface area contributed by atoms with Crippen molar-refractivity contribution in [1.82, 2.24) is 0 Å². The van der Waals surface area contributed by atoms with E-state index in [1.54, 1.807) is 0 Å². The van der Waals surface area contributed by atoms with Crippen LogP contribution < -0.4 is 0 Å². The van der Waals surface area contributed by atoms with Crippen LogP contribution >= 0.6 is 0 Å².